The minimum atomic E-state index is -2.43. The van der Waals surface area contributed by atoms with Gasteiger partial charge in [-0.05, 0) is 12.8 Å². The van der Waals surface area contributed by atoms with Gasteiger partial charge in [-0.25, -0.2) is 0 Å². The zero-order valence-electron chi connectivity index (χ0n) is 17.9. The number of nitrogens with zero attached hydrogens (tertiary/aromatic N) is 4. The lowest BCUT2D eigenvalue weighted by Gasteiger charge is -2.36. The molecule has 7 heteroatoms. The Morgan fingerprint density at radius 2 is 1.04 bits per heavy atom. The molecule has 0 aliphatic carbocycles. The van der Waals surface area contributed by atoms with Crippen LogP contribution in [0.15, 0.2) is 10.2 Å². The molecule has 0 unspecified atom stereocenters. The number of hydrogen-bond acceptors (Lipinski definition) is 6. The quantitative estimate of drug-likeness (QED) is 0.323. The normalized spacial score (nSPS) is 19.0. The van der Waals surface area contributed by atoms with Crippen LogP contribution in [-0.4, -0.2) is 58.6 Å². The Morgan fingerprint density at radius 1 is 0.720 bits per heavy atom. The first-order valence-electron chi connectivity index (χ1n) is 9.16. The molecule has 0 atom stereocenters. The summed E-state index contributed by atoms with van der Waals surface area (Å²) in [5.74, 6) is 1.51. The summed E-state index contributed by atoms with van der Waals surface area (Å²) in [6.07, 6.45) is 2.29. The van der Waals surface area contributed by atoms with Crippen LogP contribution in [0.25, 0.3) is 0 Å². The Bertz CT molecular complexity index is 456. The van der Waals surface area contributed by atoms with Crippen molar-refractivity contribution in [1.29, 1.82) is 0 Å². The van der Waals surface area contributed by atoms with E-state index in [0.29, 0.717) is 0 Å². The van der Waals surface area contributed by atoms with E-state index in [9.17, 15) is 0 Å². The number of hydrogen-bond donors (Lipinski definition) is 0. The van der Waals surface area contributed by atoms with Crippen LogP contribution in [0.4, 0.5) is 0 Å². The van der Waals surface area contributed by atoms with Gasteiger partial charge in [0.25, 0.3) is 0 Å². The lowest BCUT2D eigenvalue weighted by atomic mass is 9.97. The topological polar surface area (TPSA) is 49.7 Å². The summed E-state index contributed by atoms with van der Waals surface area (Å²) in [6.45, 7) is 12.8. The Kier molecular flexibility index (Phi) is 6.95. The van der Waals surface area contributed by atoms with Crippen LogP contribution in [0.5, 0.6) is 0 Å². The van der Waals surface area contributed by atoms with Gasteiger partial charge in [-0.3, -0.25) is 10.0 Å². The average molecular weight is 371 g/mol. The first kappa shape index (κ1) is 21.8. The molecule has 0 saturated carbocycles. The molecule has 0 radical (unpaired) electrons. The molecule has 1 saturated heterocycles. The third-order valence-corrected chi connectivity index (χ3v) is 7.16. The third kappa shape index (κ3) is 6.88. The van der Waals surface area contributed by atoms with Gasteiger partial charge in [-0.1, -0.05) is 41.5 Å². The molecule has 1 rings (SSSR count). The fourth-order valence-corrected chi connectivity index (χ4v) is 6.18. The van der Waals surface area contributed by atoms with Crippen LogP contribution in [0.2, 0.25) is 12.1 Å². The SMILES string of the molecule is CN(C)/N=C(/O[Si]1(O/C(=N/N(C)C)C(C)(C)C)CCCC1)C(C)(C)C. The smallest absolute Gasteiger partial charge is 0.462 e. The van der Waals surface area contributed by atoms with Crippen LogP contribution in [-0.2, 0) is 8.85 Å². The summed E-state index contributed by atoms with van der Waals surface area (Å²) in [7, 11) is 5.27. The third-order valence-electron chi connectivity index (χ3n) is 3.80. The summed E-state index contributed by atoms with van der Waals surface area (Å²) in [4.78, 5) is 0. The maximum atomic E-state index is 6.61. The fraction of sp³-hybridized carbons (Fsp3) is 0.889. The summed E-state index contributed by atoms with van der Waals surface area (Å²) in [6, 6.07) is 1.97. The van der Waals surface area contributed by atoms with Crippen LogP contribution in [0.1, 0.15) is 54.4 Å². The minimum absolute atomic E-state index is 0.170. The highest BCUT2D eigenvalue weighted by molar-refractivity contribution is 6.71. The van der Waals surface area contributed by atoms with Crippen molar-refractivity contribution in [2.45, 2.75) is 66.5 Å². The maximum Gasteiger partial charge on any atom is 0.462 e. The molecule has 0 aromatic carbocycles. The summed E-state index contributed by atoms with van der Waals surface area (Å²) in [5, 5.41) is 12.8. The molecule has 0 N–H and O–H groups in total. The molecule has 1 aliphatic rings. The molecular formula is C18H38N4O2Si. The van der Waals surface area contributed by atoms with Gasteiger partial charge in [-0.15, -0.1) is 10.2 Å². The lowest BCUT2D eigenvalue weighted by Crippen LogP contribution is -2.48. The van der Waals surface area contributed by atoms with Crippen molar-refractivity contribution in [2.75, 3.05) is 28.2 Å². The highest BCUT2D eigenvalue weighted by Crippen LogP contribution is 2.36. The van der Waals surface area contributed by atoms with E-state index >= 15 is 0 Å². The van der Waals surface area contributed by atoms with E-state index < -0.39 is 8.56 Å². The second kappa shape index (κ2) is 7.97. The van der Waals surface area contributed by atoms with Crippen LogP contribution in [0, 0.1) is 10.8 Å². The van der Waals surface area contributed by atoms with Crippen molar-refractivity contribution >= 4 is 20.4 Å². The van der Waals surface area contributed by atoms with Gasteiger partial charge >= 0.3 is 8.56 Å². The van der Waals surface area contributed by atoms with Crippen LogP contribution in [0.3, 0.4) is 0 Å². The molecule has 25 heavy (non-hydrogen) atoms. The molecular weight excluding hydrogens is 332 g/mol. The van der Waals surface area contributed by atoms with Gasteiger partial charge in [0.15, 0.2) is 11.8 Å². The molecule has 0 amide bonds. The Balaban J connectivity index is 3.19. The Hall–Kier alpha value is -1.24. The molecule has 6 nitrogen and oxygen atoms in total. The first-order valence-corrected chi connectivity index (χ1v) is 11.4. The molecule has 0 aromatic rings. The van der Waals surface area contributed by atoms with E-state index in [1.54, 1.807) is 10.0 Å². The van der Waals surface area contributed by atoms with E-state index in [2.05, 4.69) is 51.7 Å². The number of hydrazone groups is 2. The standard InChI is InChI=1S/C18H38N4O2Si/c1-17(2,3)15(19-21(7)8)23-25(13-11-12-14-25)24-16(18(4,5)6)20-22(9)10/h11-14H2,1-10H3/b19-15+,20-16+. The van der Waals surface area contributed by atoms with E-state index in [-0.39, 0.29) is 10.8 Å². The highest BCUT2D eigenvalue weighted by atomic mass is 28.4. The summed E-state index contributed by atoms with van der Waals surface area (Å²) in [5.41, 5.74) is -0.340. The van der Waals surface area contributed by atoms with Crippen molar-refractivity contribution in [1.82, 2.24) is 10.0 Å². The first-order chi connectivity index (χ1) is 11.3. The van der Waals surface area contributed by atoms with Gasteiger partial charge in [-0.2, -0.15) is 0 Å². The molecule has 1 aliphatic heterocycles. The van der Waals surface area contributed by atoms with Gasteiger partial charge in [0, 0.05) is 51.1 Å². The molecule has 0 aromatic heterocycles. The van der Waals surface area contributed by atoms with E-state index in [4.69, 9.17) is 8.85 Å². The Morgan fingerprint density at radius 3 is 1.28 bits per heavy atom. The fourth-order valence-electron chi connectivity index (χ4n) is 2.50. The molecule has 0 spiro atoms. The molecule has 1 fully saturated rings. The second-order valence-electron chi connectivity index (χ2n) is 9.33. The molecule has 1 heterocycles. The second-order valence-corrected chi connectivity index (χ2v) is 12.6. The minimum Gasteiger partial charge on any atom is -0.499 e. The summed E-state index contributed by atoms with van der Waals surface area (Å²) >= 11 is 0. The molecule has 0 bridgehead atoms. The van der Waals surface area contributed by atoms with Crippen molar-refractivity contribution in [3.63, 3.8) is 0 Å². The van der Waals surface area contributed by atoms with Gasteiger partial charge in [0.1, 0.15) is 0 Å². The van der Waals surface area contributed by atoms with Crippen LogP contribution < -0.4 is 0 Å². The predicted octanol–water partition coefficient (Wildman–Crippen LogP) is 4.10. The Labute approximate surface area is 155 Å². The lowest BCUT2D eigenvalue weighted by molar-refractivity contribution is 0.289. The van der Waals surface area contributed by atoms with Crippen molar-refractivity contribution in [3.05, 3.63) is 0 Å². The monoisotopic (exact) mass is 370 g/mol. The summed E-state index contributed by atoms with van der Waals surface area (Å²) < 4.78 is 13.2. The van der Waals surface area contributed by atoms with Gasteiger partial charge in [0.05, 0.1) is 0 Å². The van der Waals surface area contributed by atoms with Gasteiger partial charge < -0.3 is 8.85 Å². The van der Waals surface area contributed by atoms with E-state index in [1.807, 2.05) is 28.2 Å². The van der Waals surface area contributed by atoms with Crippen LogP contribution >= 0.6 is 0 Å². The van der Waals surface area contributed by atoms with Gasteiger partial charge in [0.2, 0.25) is 0 Å². The van der Waals surface area contributed by atoms with Crippen molar-refractivity contribution in [2.24, 2.45) is 21.0 Å². The van der Waals surface area contributed by atoms with E-state index in [0.717, 1.165) is 36.7 Å². The average Bonchev–Trinajstić information content (AvgIpc) is 2.82. The zero-order valence-corrected chi connectivity index (χ0v) is 18.9. The zero-order chi connectivity index (χ0) is 19.5. The van der Waals surface area contributed by atoms with E-state index in [1.165, 1.54) is 0 Å². The van der Waals surface area contributed by atoms with Crippen molar-refractivity contribution in [3.8, 4) is 0 Å². The van der Waals surface area contributed by atoms with Crippen molar-refractivity contribution < 1.29 is 8.85 Å². The molecule has 146 valence electrons. The predicted molar refractivity (Wildman–Crippen MR) is 108 cm³/mol. The highest BCUT2D eigenvalue weighted by Gasteiger charge is 2.49. The maximum absolute atomic E-state index is 6.61. The number of rotatable bonds is 4. The largest absolute Gasteiger partial charge is 0.499 e.